The highest BCUT2D eigenvalue weighted by atomic mass is 79.9. The zero-order valence-electron chi connectivity index (χ0n) is 13.7. The fourth-order valence-electron chi connectivity index (χ4n) is 2.88. The Balaban J connectivity index is 2.22. The third-order valence-corrected chi connectivity index (χ3v) is 6.04. The molecule has 0 saturated heterocycles. The topological polar surface area (TPSA) is 91.9 Å². The molecule has 2 heterocycles. The van der Waals surface area contributed by atoms with Crippen LogP contribution in [0.5, 0.6) is 5.88 Å². The largest absolute Gasteiger partial charge is 0.493 e. The van der Waals surface area contributed by atoms with E-state index in [0.29, 0.717) is 23.4 Å². The summed E-state index contributed by atoms with van der Waals surface area (Å²) < 4.78 is 2.21. The first kappa shape index (κ1) is 18.9. The van der Waals surface area contributed by atoms with E-state index in [1.165, 1.54) is 4.57 Å². The number of amides is 1. The summed E-state index contributed by atoms with van der Waals surface area (Å²) in [6.07, 6.45) is 1.86. The molecule has 9 heteroatoms. The number of halogens is 1. The molecule has 1 unspecified atom stereocenters. The number of rotatable bonds is 6. The Morgan fingerprint density at radius 2 is 2.19 bits per heavy atom. The monoisotopic (exact) mass is 454 g/mol. The van der Waals surface area contributed by atoms with E-state index in [0.717, 1.165) is 22.2 Å². The molecule has 26 heavy (non-hydrogen) atoms. The summed E-state index contributed by atoms with van der Waals surface area (Å²) in [7, 11) is 0. The van der Waals surface area contributed by atoms with Crippen LogP contribution in [0.15, 0.2) is 27.7 Å². The van der Waals surface area contributed by atoms with Gasteiger partial charge >= 0.3 is 5.97 Å². The molecule has 1 aromatic heterocycles. The number of carboxylic acid groups (broad SMARTS) is 1. The number of hydrogen-bond acceptors (Lipinski definition) is 5. The van der Waals surface area contributed by atoms with Gasteiger partial charge in [-0.15, -0.1) is 11.3 Å². The first-order chi connectivity index (χ1) is 12.3. The van der Waals surface area contributed by atoms with Crippen molar-refractivity contribution in [3.8, 4) is 5.88 Å². The number of unbranched alkanes of at least 4 members (excludes halogenated alkanes) is 1. The normalized spacial score (nSPS) is 14.2. The summed E-state index contributed by atoms with van der Waals surface area (Å²) in [5, 5.41) is 21.4. The fourth-order valence-corrected chi connectivity index (χ4v) is 4.68. The summed E-state index contributed by atoms with van der Waals surface area (Å²) in [5.74, 6) is -1.84. The van der Waals surface area contributed by atoms with E-state index >= 15 is 0 Å². The van der Waals surface area contributed by atoms with Crippen LogP contribution in [0.3, 0.4) is 0 Å². The quantitative estimate of drug-likeness (QED) is 0.654. The Hall–Kier alpha value is -1.84. The summed E-state index contributed by atoms with van der Waals surface area (Å²) in [6.45, 7) is 1.96. The number of thiazole rings is 1. The van der Waals surface area contributed by atoms with Gasteiger partial charge in [0.1, 0.15) is 10.9 Å². The van der Waals surface area contributed by atoms with E-state index in [9.17, 15) is 19.8 Å². The Labute approximate surface area is 166 Å². The van der Waals surface area contributed by atoms with Gasteiger partial charge in [0.2, 0.25) is 5.88 Å². The number of carboxylic acids is 1. The van der Waals surface area contributed by atoms with E-state index in [4.69, 9.17) is 12.2 Å². The Bertz CT molecular complexity index is 1090. The van der Waals surface area contributed by atoms with Crippen LogP contribution in [0.4, 0.5) is 0 Å². The van der Waals surface area contributed by atoms with Gasteiger partial charge in [-0.3, -0.25) is 9.36 Å². The van der Waals surface area contributed by atoms with Crippen molar-refractivity contribution < 1.29 is 19.8 Å². The van der Waals surface area contributed by atoms with Gasteiger partial charge in [0.15, 0.2) is 3.95 Å². The van der Waals surface area contributed by atoms with Crippen LogP contribution in [0, 0.1) is 3.95 Å². The van der Waals surface area contributed by atoms with Crippen LogP contribution in [-0.4, -0.2) is 26.7 Å². The van der Waals surface area contributed by atoms with E-state index in [1.54, 1.807) is 18.2 Å². The van der Waals surface area contributed by atoms with E-state index in [2.05, 4.69) is 20.9 Å². The molecule has 1 amide bonds. The van der Waals surface area contributed by atoms with Crippen molar-refractivity contribution in [3.05, 3.63) is 42.1 Å². The average Bonchev–Trinajstić information content (AvgIpc) is 3.04. The van der Waals surface area contributed by atoms with E-state index in [1.807, 2.05) is 6.92 Å². The van der Waals surface area contributed by atoms with Crippen molar-refractivity contribution in [2.24, 2.45) is 4.99 Å². The third kappa shape index (κ3) is 3.26. The number of nitrogens with zero attached hydrogens (tertiary/aromatic N) is 2. The lowest BCUT2D eigenvalue weighted by Gasteiger charge is -2.14. The van der Waals surface area contributed by atoms with Crippen molar-refractivity contribution >= 4 is 56.9 Å². The Morgan fingerprint density at radius 3 is 2.85 bits per heavy atom. The van der Waals surface area contributed by atoms with E-state index < -0.39 is 17.9 Å². The first-order valence-corrected chi connectivity index (χ1v) is 9.97. The number of hydrogen-bond donors (Lipinski definition) is 2. The number of fused-ring (bicyclic) bond motifs is 1. The Kier molecular flexibility index (Phi) is 5.40. The maximum atomic E-state index is 12.4. The second kappa shape index (κ2) is 7.42. The van der Waals surface area contributed by atoms with Crippen LogP contribution in [0.1, 0.15) is 37.1 Å². The fraction of sp³-hybridized carbons (Fsp3) is 0.294. The lowest BCUT2D eigenvalue weighted by molar-refractivity contribution is -0.141. The summed E-state index contributed by atoms with van der Waals surface area (Å²) >= 11 is 9.69. The maximum Gasteiger partial charge on any atom is 0.326 e. The molecular weight excluding hydrogens is 440 g/mol. The van der Waals surface area contributed by atoms with Gasteiger partial charge in [0.25, 0.3) is 5.91 Å². The van der Waals surface area contributed by atoms with Crippen LogP contribution in [0.2, 0.25) is 0 Å². The third-order valence-electron chi connectivity index (χ3n) is 4.14. The standard InChI is InChI=1S/C17H15BrN2O4S2/c1-2-3-4-11(16(23)24)20-15(22)13(26-17(20)25)12-9-7-8(18)5-6-10(9)19-14(12)21/h5-7,11,22H,2-4H2,1H3,(H,23,24). The van der Waals surface area contributed by atoms with Gasteiger partial charge in [0, 0.05) is 9.69 Å². The smallest absolute Gasteiger partial charge is 0.326 e. The molecule has 0 bridgehead atoms. The average molecular weight is 455 g/mol. The highest BCUT2D eigenvalue weighted by Gasteiger charge is 2.30. The molecule has 1 aliphatic heterocycles. The number of carbonyl (C=O) groups is 2. The predicted molar refractivity (Wildman–Crippen MR) is 103 cm³/mol. The predicted octanol–water partition coefficient (Wildman–Crippen LogP) is 2.92. The second-order valence-electron chi connectivity index (χ2n) is 5.84. The number of aromatic nitrogens is 1. The summed E-state index contributed by atoms with van der Waals surface area (Å²) in [4.78, 5) is 28.3. The van der Waals surface area contributed by atoms with Crippen LogP contribution < -0.4 is 10.6 Å². The highest BCUT2D eigenvalue weighted by molar-refractivity contribution is 9.10. The van der Waals surface area contributed by atoms with Crippen molar-refractivity contribution in [1.29, 1.82) is 0 Å². The molecule has 0 fully saturated rings. The summed E-state index contributed by atoms with van der Waals surface area (Å²) in [6, 6.07) is 4.26. The maximum absolute atomic E-state index is 12.4. The SMILES string of the molecule is CCCCC(C(=O)O)n1c(O)c(C2=c3cc(Br)ccc3=NC2=O)sc1=S. The number of aromatic hydroxyl groups is 1. The molecule has 1 aliphatic rings. The second-order valence-corrected chi connectivity index (χ2v) is 8.40. The molecule has 2 N–H and O–H groups in total. The molecule has 0 saturated carbocycles. The molecule has 0 spiro atoms. The van der Waals surface area contributed by atoms with Gasteiger partial charge in [-0.2, -0.15) is 0 Å². The minimum absolute atomic E-state index is 0.213. The minimum atomic E-state index is -1.07. The molecular formula is C17H15BrN2O4S2. The van der Waals surface area contributed by atoms with Crippen molar-refractivity contribution in [2.45, 2.75) is 32.2 Å². The molecule has 2 aromatic rings. The minimum Gasteiger partial charge on any atom is -0.493 e. The highest BCUT2D eigenvalue weighted by Crippen LogP contribution is 2.36. The molecule has 136 valence electrons. The van der Waals surface area contributed by atoms with Gasteiger partial charge in [-0.05, 0) is 36.8 Å². The molecule has 3 rings (SSSR count). The summed E-state index contributed by atoms with van der Waals surface area (Å²) in [5.41, 5.74) is 0.244. The molecule has 1 atom stereocenters. The van der Waals surface area contributed by atoms with Gasteiger partial charge in [-0.1, -0.05) is 35.7 Å². The van der Waals surface area contributed by atoms with E-state index in [-0.39, 0.29) is 20.3 Å². The Morgan fingerprint density at radius 1 is 1.46 bits per heavy atom. The molecule has 6 nitrogen and oxygen atoms in total. The van der Waals surface area contributed by atoms with Crippen molar-refractivity contribution in [1.82, 2.24) is 4.57 Å². The van der Waals surface area contributed by atoms with Gasteiger partial charge in [0.05, 0.1) is 10.9 Å². The van der Waals surface area contributed by atoms with Crippen molar-refractivity contribution in [3.63, 3.8) is 0 Å². The van der Waals surface area contributed by atoms with Crippen LogP contribution in [0.25, 0.3) is 5.57 Å². The zero-order chi connectivity index (χ0) is 19.0. The lowest BCUT2D eigenvalue weighted by atomic mass is 10.1. The van der Waals surface area contributed by atoms with Gasteiger partial charge < -0.3 is 10.2 Å². The number of benzene rings is 1. The first-order valence-electron chi connectivity index (χ1n) is 7.95. The lowest BCUT2D eigenvalue weighted by Crippen LogP contribution is -2.23. The van der Waals surface area contributed by atoms with Gasteiger partial charge in [-0.25, -0.2) is 9.79 Å². The zero-order valence-corrected chi connectivity index (χ0v) is 16.9. The van der Waals surface area contributed by atoms with Crippen LogP contribution in [-0.2, 0) is 9.59 Å². The molecule has 0 aliphatic carbocycles. The molecule has 1 aromatic carbocycles. The number of aliphatic carboxylic acids is 1. The van der Waals surface area contributed by atoms with Crippen LogP contribution >= 0.6 is 39.5 Å². The van der Waals surface area contributed by atoms with Crippen molar-refractivity contribution in [2.75, 3.05) is 0 Å². The number of carbonyl (C=O) groups excluding carboxylic acids is 1. The molecule has 0 radical (unpaired) electrons.